The summed E-state index contributed by atoms with van der Waals surface area (Å²) in [6.07, 6.45) is 3.77. The molecule has 1 aromatic rings. The summed E-state index contributed by atoms with van der Waals surface area (Å²) in [4.78, 5) is 11.6. The minimum Gasteiger partial charge on any atom is -0.493 e. The number of ketones is 1. The van der Waals surface area contributed by atoms with E-state index < -0.39 is 0 Å². The molecule has 0 unspecified atom stereocenters. The molecular formula is C15H20O3. The molecule has 98 valence electrons. The van der Waals surface area contributed by atoms with Crippen molar-refractivity contribution in [2.24, 2.45) is 0 Å². The summed E-state index contributed by atoms with van der Waals surface area (Å²) in [6.45, 7) is 7.34. The topological polar surface area (TPSA) is 35.5 Å². The first-order valence-corrected chi connectivity index (χ1v) is 6.02. The van der Waals surface area contributed by atoms with Crippen molar-refractivity contribution in [3.63, 3.8) is 0 Å². The van der Waals surface area contributed by atoms with Gasteiger partial charge in [0.2, 0.25) is 0 Å². The normalized spacial score (nSPS) is 11.0. The van der Waals surface area contributed by atoms with Gasteiger partial charge in [0.15, 0.2) is 17.3 Å². The smallest absolute Gasteiger partial charge is 0.169 e. The molecule has 3 heteroatoms. The Kier molecular flexibility index (Phi) is 4.95. The van der Waals surface area contributed by atoms with E-state index in [9.17, 15) is 4.79 Å². The Morgan fingerprint density at radius 2 is 2.00 bits per heavy atom. The van der Waals surface area contributed by atoms with Crippen molar-refractivity contribution in [3.8, 4) is 11.5 Å². The molecule has 0 aliphatic rings. The average molecular weight is 248 g/mol. The second kappa shape index (κ2) is 6.24. The van der Waals surface area contributed by atoms with Gasteiger partial charge < -0.3 is 9.47 Å². The van der Waals surface area contributed by atoms with Crippen LogP contribution in [0.25, 0.3) is 6.08 Å². The summed E-state index contributed by atoms with van der Waals surface area (Å²) in [5, 5.41) is 0. The average Bonchev–Trinajstić information content (AvgIpc) is 2.30. The largest absolute Gasteiger partial charge is 0.493 e. The van der Waals surface area contributed by atoms with Crippen molar-refractivity contribution in [1.29, 1.82) is 0 Å². The molecule has 0 saturated carbocycles. The maximum absolute atomic E-state index is 11.6. The zero-order chi connectivity index (χ0) is 13.7. The van der Waals surface area contributed by atoms with Crippen LogP contribution in [0.1, 0.15) is 43.6 Å². The fourth-order valence-electron chi connectivity index (χ4n) is 1.74. The van der Waals surface area contributed by atoms with Crippen LogP contribution in [-0.2, 0) is 0 Å². The van der Waals surface area contributed by atoms with Gasteiger partial charge in [0.25, 0.3) is 0 Å². The fraction of sp³-hybridized carbons (Fsp3) is 0.400. The van der Waals surface area contributed by atoms with Crippen LogP contribution in [-0.4, -0.2) is 19.0 Å². The lowest BCUT2D eigenvalue weighted by Crippen LogP contribution is -2.10. The van der Waals surface area contributed by atoms with E-state index in [1.165, 1.54) is 0 Å². The zero-order valence-corrected chi connectivity index (χ0v) is 11.6. The van der Waals surface area contributed by atoms with Gasteiger partial charge in [-0.2, -0.15) is 0 Å². The van der Waals surface area contributed by atoms with Crippen LogP contribution in [0.5, 0.6) is 11.5 Å². The second-order valence-electron chi connectivity index (χ2n) is 4.28. The Morgan fingerprint density at radius 3 is 2.44 bits per heavy atom. The van der Waals surface area contributed by atoms with Crippen molar-refractivity contribution in [2.75, 3.05) is 7.11 Å². The van der Waals surface area contributed by atoms with Gasteiger partial charge in [0, 0.05) is 11.1 Å². The molecule has 0 atom stereocenters. The molecule has 0 fully saturated rings. The molecule has 0 aromatic heterocycles. The summed E-state index contributed by atoms with van der Waals surface area (Å²) in [6, 6.07) is 3.53. The highest BCUT2D eigenvalue weighted by atomic mass is 16.5. The molecule has 0 bridgehead atoms. The minimum absolute atomic E-state index is 0.0133. The third-order valence-electron chi connectivity index (χ3n) is 2.45. The predicted molar refractivity (Wildman–Crippen MR) is 73.5 cm³/mol. The molecule has 18 heavy (non-hydrogen) atoms. The van der Waals surface area contributed by atoms with E-state index >= 15 is 0 Å². The van der Waals surface area contributed by atoms with Crippen LogP contribution in [0.3, 0.4) is 0 Å². The van der Waals surface area contributed by atoms with Crippen LogP contribution < -0.4 is 9.47 Å². The maximum Gasteiger partial charge on any atom is 0.169 e. The van der Waals surface area contributed by atoms with Gasteiger partial charge in [-0.15, -0.1) is 0 Å². The van der Waals surface area contributed by atoms with Gasteiger partial charge in [-0.1, -0.05) is 12.2 Å². The highest BCUT2D eigenvalue weighted by Crippen LogP contribution is 2.35. The highest BCUT2D eigenvalue weighted by Gasteiger charge is 2.16. The Balaban J connectivity index is 3.47. The van der Waals surface area contributed by atoms with Crippen LogP contribution in [0, 0.1) is 0 Å². The lowest BCUT2D eigenvalue weighted by molar-refractivity contribution is 0.101. The minimum atomic E-state index is 0.0133. The van der Waals surface area contributed by atoms with E-state index in [1.54, 1.807) is 26.2 Å². The van der Waals surface area contributed by atoms with Gasteiger partial charge in [0.05, 0.1) is 13.2 Å². The molecule has 0 aliphatic carbocycles. The van der Waals surface area contributed by atoms with Crippen LogP contribution in [0.2, 0.25) is 0 Å². The Hall–Kier alpha value is -1.77. The number of allylic oxidation sites excluding steroid dienone is 1. The number of methoxy groups -OCH3 is 1. The lowest BCUT2D eigenvalue weighted by atomic mass is 10.0. The molecule has 3 nitrogen and oxygen atoms in total. The third-order valence-corrected chi connectivity index (χ3v) is 2.45. The summed E-state index contributed by atoms with van der Waals surface area (Å²) in [5.74, 6) is 1.28. The molecular weight excluding hydrogens is 228 g/mol. The zero-order valence-electron chi connectivity index (χ0n) is 11.6. The number of Topliss-reactive ketones (excluding diaryl/α,β-unsaturated/α-hetero) is 1. The van der Waals surface area contributed by atoms with Crippen molar-refractivity contribution in [3.05, 3.63) is 29.3 Å². The molecule has 0 radical (unpaired) electrons. The number of carbonyl (C=O) groups excluding carboxylic acids is 1. The van der Waals surface area contributed by atoms with Gasteiger partial charge in [-0.05, 0) is 39.8 Å². The van der Waals surface area contributed by atoms with Crippen molar-refractivity contribution in [1.82, 2.24) is 0 Å². The first-order valence-electron chi connectivity index (χ1n) is 6.02. The number of benzene rings is 1. The van der Waals surface area contributed by atoms with E-state index in [0.29, 0.717) is 17.1 Å². The molecule has 1 aromatic carbocycles. The predicted octanol–water partition coefficient (Wildman–Crippen LogP) is 3.72. The van der Waals surface area contributed by atoms with Gasteiger partial charge >= 0.3 is 0 Å². The monoisotopic (exact) mass is 248 g/mol. The first kappa shape index (κ1) is 14.3. The van der Waals surface area contributed by atoms with Crippen molar-refractivity contribution < 1.29 is 14.3 Å². The van der Waals surface area contributed by atoms with Crippen molar-refractivity contribution in [2.45, 2.75) is 33.8 Å². The Bertz CT molecular complexity index is 459. The summed E-state index contributed by atoms with van der Waals surface area (Å²) < 4.78 is 11.1. The molecule has 0 amide bonds. The SMILES string of the molecule is C/C=C/c1c(C(C)=O)ccc(OC)c1OC(C)C. The van der Waals surface area contributed by atoms with E-state index in [0.717, 1.165) is 5.56 Å². The number of carbonyl (C=O) groups is 1. The maximum atomic E-state index is 11.6. The van der Waals surface area contributed by atoms with E-state index in [1.807, 2.05) is 32.9 Å². The summed E-state index contributed by atoms with van der Waals surface area (Å²) in [7, 11) is 1.59. The van der Waals surface area contributed by atoms with Gasteiger partial charge in [-0.3, -0.25) is 4.79 Å². The number of hydrogen-bond acceptors (Lipinski definition) is 3. The molecule has 0 spiro atoms. The van der Waals surface area contributed by atoms with Gasteiger partial charge in [0.1, 0.15) is 0 Å². The van der Waals surface area contributed by atoms with Crippen LogP contribution in [0.15, 0.2) is 18.2 Å². The molecule has 1 rings (SSSR count). The Labute approximate surface area is 108 Å². The highest BCUT2D eigenvalue weighted by molar-refractivity contribution is 5.99. The van der Waals surface area contributed by atoms with E-state index in [4.69, 9.17) is 9.47 Å². The number of hydrogen-bond donors (Lipinski definition) is 0. The molecule has 0 heterocycles. The third kappa shape index (κ3) is 3.13. The van der Waals surface area contributed by atoms with Crippen molar-refractivity contribution >= 4 is 11.9 Å². The van der Waals surface area contributed by atoms with Gasteiger partial charge in [-0.25, -0.2) is 0 Å². The lowest BCUT2D eigenvalue weighted by Gasteiger charge is -2.17. The van der Waals surface area contributed by atoms with Crippen LogP contribution >= 0.6 is 0 Å². The first-order chi connectivity index (χ1) is 8.51. The van der Waals surface area contributed by atoms with E-state index in [-0.39, 0.29) is 11.9 Å². The number of rotatable bonds is 5. The standard InChI is InChI=1S/C15H20O3/c1-6-7-13-12(11(4)16)8-9-14(17-5)15(13)18-10(2)3/h6-10H,1-5H3/b7-6+. The van der Waals surface area contributed by atoms with Crippen LogP contribution in [0.4, 0.5) is 0 Å². The quantitative estimate of drug-likeness (QED) is 0.745. The summed E-state index contributed by atoms with van der Waals surface area (Å²) >= 11 is 0. The molecule has 0 N–H and O–H groups in total. The molecule has 0 aliphatic heterocycles. The van der Waals surface area contributed by atoms with E-state index in [2.05, 4.69) is 0 Å². The Morgan fingerprint density at radius 1 is 1.33 bits per heavy atom. The fourth-order valence-corrected chi connectivity index (χ4v) is 1.74. The summed E-state index contributed by atoms with van der Waals surface area (Å²) in [5.41, 5.74) is 1.42. The number of ether oxygens (including phenoxy) is 2. The molecule has 0 saturated heterocycles. The second-order valence-corrected chi connectivity index (χ2v) is 4.28.